The van der Waals surface area contributed by atoms with E-state index in [0.717, 1.165) is 0 Å². The maximum absolute atomic E-state index is 11.5. The van der Waals surface area contributed by atoms with Crippen LogP contribution in [0.5, 0.6) is 0 Å². The average molecular weight is 164 g/mol. The van der Waals surface area contributed by atoms with Gasteiger partial charge in [-0.2, -0.15) is 13.2 Å². The van der Waals surface area contributed by atoms with E-state index in [0.29, 0.717) is 0 Å². The van der Waals surface area contributed by atoms with Gasteiger partial charge in [-0.1, -0.05) is 5.92 Å². The van der Waals surface area contributed by atoms with Gasteiger partial charge >= 0.3 is 6.18 Å². The highest BCUT2D eigenvalue weighted by Crippen LogP contribution is 2.21. The lowest BCUT2D eigenvalue weighted by atomic mass is 10.2. The highest BCUT2D eigenvalue weighted by Gasteiger charge is 2.27. The summed E-state index contributed by atoms with van der Waals surface area (Å²) in [6.07, 6.45) is -1.34. The van der Waals surface area contributed by atoms with Crippen LogP contribution in [0.25, 0.3) is 0 Å². The lowest BCUT2D eigenvalue weighted by Crippen LogP contribution is -2.10. The third kappa shape index (κ3) is 6.91. The minimum absolute atomic E-state index is 0.212. The molecule has 0 saturated heterocycles. The molecule has 0 atom stereocenters. The second-order valence-electron chi connectivity index (χ2n) is 2.03. The molecule has 62 valence electrons. The molecule has 0 aliphatic rings. The van der Waals surface area contributed by atoms with Crippen molar-refractivity contribution in [2.24, 2.45) is 0 Å². The van der Waals surface area contributed by atoms with Crippen molar-refractivity contribution in [1.82, 2.24) is 0 Å². The summed E-state index contributed by atoms with van der Waals surface area (Å²) in [4.78, 5) is 10.4. The summed E-state index contributed by atoms with van der Waals surface area (Å²) in [6.45, 7) is 0. The Bertz CT molecular complexity index is 175. The summed E-state index contributed by atoms with van der Waals surface area (Å²) in [5.41, 5.74) is 0. The third-order valence-electron chi connectivity index (χ3n) is 0.987. The van der Waals surface area contributed by atoms with Gasteiger partial charge in [0.1, 0.15) is 5.78 Å². The van der Waals surface area contributed by atoms with E-state index >= 15 is 0 Å². The standard InChI is InChI=1S/C7H7F3O/c1-2-3-6(11)4-5-7(8,9)10/h1H,3-5H2. The van der Waals surface area contributed by atoms with Crippen molar-refractivity contribution in [2.75, 3.05) is 0 Å². The zero-order valence-electron chi connectivity index (χ0n) is 5.74. The Morgan fingerprint density at radius 2 is 2.00 bits per heavy atom. The van der Waals surface area contributed by atoms with Crippen LogP contribution < -0.4 is 0 Å². The van der Waals surface area contributed by atoms with Crippen LogP contribution in [0.2, 0.25) is 0 Å². The van der Waals surface area contributed by atoms with Crippen LogP contribution in [0, 0.1) is 12.3 Å². The second-order valence-corrected chi connectivity index (χ2v) is 2.03. The molecule has 0 rings (SSSR count). The zero-order chi connectivity index (χ0) is 8.91. The molecule has 1 nitrogen and oxygen atoms in total. The Kier molecular flexibility index (Phi) is 3.66. The Morgan fingerprint density at radius 1 is 1.45 bits per heavy atom. The van der Waals surface area contributed by atoms with Gasteiger partial charge in [-0.05, 0) is 0 Å². The molecule has 0 N–H and O–H groups in total. The summed E-state index contributed by atoms with van der Waals surface area (Å²) in [7, 11) is 0. The van der Waals surface area contributed by atoms with Crippen molar-refractivity contribution in [3.05, 3.63) is 0 Å². The van der Waals surface area contributed by atoms with Gasteiger partial charge in [-0.15, -0.1) is 6.42 Å². The first-order valence-electron chi connectivity index (χ1n) is 2.97. The molecule has 0 radical (unpaired) electrons. The highest BCUT2D eigenvalue weighted by atomic mass is 19.4. The number of hydrogen-bond donors (Lipinski definition) is 0. The zero-order valence-corrected chi connectivity index (χ0v) is 5.74. The van der Waals surface area contributed by atoms with Crippen molar-refractivity contribution in [1.29, 1.82) is 0 Å². The molecule has 0 amide bonds. The van der Waals surface area contributed by atoms with Gasteiger partial charge in [0.25, 0.3) is 0 Å². The largest absolute Gasteiger partial charge is 0.389 e. The van der Waals surface area contributed by atoms with Crippen LogP contribution in [-0.4, -0.2) is 12.0 Å². The molecule has 11 heavy (non-hydrogen) atoms. The van der Waals surface area contributed by atoms with E-state index in [9.17, 15) is 18.0 Å². The molecule has 0 aromatic heterocycles. The number of carbonyl (C=O) groups excluding carboxylic acids is 1. The summed E-state index contributed by atoms with van der Waals surface area (Å²) >= 11 is 0. The maximum Gasteiger partial charge on any atom is 0.389 e. The molecule has 0 spiro atoms. The molecule has 0 fully saturated rings. The van der Waals surface area contributed by atoms with Gasteiger partial charge in [-0.3, -0.25) is 4.79 Å². The molecule has 4 heteroatoms. The number of carbonyl (C=O) groups is 1. The molecule has 0 heterocycles. The molecule has 0 aliphatic carbocycles. The Labute approximate surface area is 62.6 Å². The van der Waals surface area contributed by atoms with Crippen LogP contribution in [0.1, 0.15) is 19.3 Å². The molecular formula is C7H7F3O. The molecule has 0 unspecified atom stereocenters. The number of ketones is 1. The SMILES string of the molecule is C#CCC(=O)CCC(F)(F)F. The van der Waals surface area contributed by atoms with Crippen molar-refractivity contribution in [2.45, 2.75) is 25.4 Å². The first-order valence-corrected chi connectivity index (χ1v) is 2.97. The quantitative estimate of drug-likeness (QED) is 0.582. The minimum atomic E-state index is -4.26. The van der Waals surface area contributed by atoms with Crippen molar-refractivity contribution < 1.29 is 18.0 Å². The molecule has 0 aliphatic heterocycles. The van der Waals surface area contributed by atoms with Crippen molar-refractivity contribution in [3.8, 4) is 12.3 Å². The molecule has 0 bridgehead atoms. The fourth-order valence-corrected chi connectivity index (χ4v) is 0.483. The van der Waals surface area contributed by atoms with Gasteiger partial charge in [0.15, 0.2) is 0 Å². The van der Waals surface area contributed by atoms with E-state index in [-0.39, 0.29) is 6.42 Å². The van der Waals surface area contributed by atoms with Gasteiger partial charge in [0.05, 0.1) is 12.8 Å². The maximum atomic E-state index is 11.5. The topological polar surface area (TPSA) is 17.1 Å². The lowest BCUT2D eigenvalue weighted by Gasteiger charge is -2.02. The number of Topliss-reactive ketones (excluding diaryl/α,β-unsaturated/α-hetero) is 1. The first-order chi connectivity index (χ1) is 4.95. The normalized spacial score (nSPS) is 10.7. The van der Waals surface area contributed by atoms with Crippen LogP contribution in [0.4, 0.5) is 13.2 Å². The Morgan fingerprint density at radius 3 is 2.36 bits per heavy atom. The van der Waals surface area contributed by atoms with E-state index in [2.05, 4.69) is 0 Å². The van der Waals surface area contributed by atoms with E-state index in [1.165, 1.54) is 0 Å². The summed E-state index contributed by atoms with van der Waals surface area (Å²) in [5.74, 6) is 1.45. The average Bonchev–Trinajstić information content (AvgIpc) is 1.83. The number of terminal acetylenes is 1. The number of hydrogen-bond acceptors (Lipinski definition) is 1. The van der Waals surface area contributed by atoms with E-state index in [4.69, 9.17) is 6.42 Å². The highest BCUT2D eigenvalue weighted by molar-refractivity contribution is 5.80. The van der Waals surface area contributed by atoms with Gasteiger partial charge < -0.3 is 0 Å². The van der Waals surface area contributed by atoms with Crippen LogP contribution in [-0.2, 0) is 4.79 Å². The molecular weight excluding hydrogens is 157 g/mol. The molecule has 0 saturated carbocycles. The van der Waals surface area contributed by atoms with Crippen LogP contribution in [0.3, 0.4) is 0 Å². The first kappa shape index (κ1) is 10.0. The molecule has 0 aromatic carbocycles. The third-order valence-corrected chi connectivity index (χ3v) is 0.987. The Hall–Kier alpha value is -0.980. The predicted molar refractivity (Wildman–Crippen MR) is 33.7 cm³/mol. The van der Waals surface area contributed by atoms with E-state index in [1.807, 2.05) is 5.92 Å². The van der Waals surface area contributed by atoms with E-state index < -0.39 is 24.8 Å². The minimum Gasteiger partial charge on any atom is -0.299 e. The number of halogens is 3. The molecule has 0 aromatic rings. The monoisotopic (exact) mass is 164 g/mol. The number of rotatable bonds is 3. The van der Waals surface area contributed by atoms with Crippen molar-refractivity contribution >= 4 is 5.78 Å². The van der Waals surface area contributed by atoms with Crippen molar-refractivity contribution in [3.63, 3.8) is 0 Å². The predicted octanol–water partition coefficient (Wildman–Crippen LogP) is 1.92. The van der Waals surface area contributed by atoms with Gasteiger partial charge in [-0.25, -0.2) is 0 Å². The van der Waals surface area contributed by atoms with Gasteiger partial charge in [0, 0.05) is 6.42 Å². The lowest BCUT2D eigenvalue weighted by molar-refractivity contribution is -0.142. The fourth-order valence-electron chi connectivity index (χ4n) is 0.483. The number of alkyl halides is 3. The summed E-state index contributed by atoms with van der Waals surface area (Å²) in [5, 5.41) is 0. The van der Waals surface area contributed by atoms with Crippen LogP contribution >= 0.6 is 0 Å². The van der Waals surface area contributed by atoms with E-state index in [1.54, 1.807) is 0 Å². The Balaban J connectivity index is 3.57. The smallest absolute Gasteiger partial charge is 0.299 e. The second kappa shape index (κ2) is 4.02. The summed E-state index contributed by atoms with van der Waals surface area (Å²) < 4.78 is 34.4. The fraction of sp³-hybridized carbons (Fsp3) is 0.571. The summed E-state index contributed by atoms with van der Waals surface area (Å²) in [6, 6.07) is 0. The van der Waals surface area contributed by atoms with Crippen LogP contribution in [0.15, 0.2) is 0 Å². The van der Waals surface area contributed by atoms with Gasteiger partial charge in [0.2, 0.25) is 0 Å².